The van der Waals surface area contributed by atoms with E-state index in [9.17, 15) is 14.4 Å². The van der Waals surface area contributed by atoms with Gasteiger partial charge in [0, 0.05) is 17.2 Å². The summed E-state index contributed by atoms with van der Waals surface area (Å²) in [7, 11) is 0. The smallest absolute Gasteiger partial charge is 0.328 e. The fourth-order valence-corrected chi connectivity index (χ4v) is 4.21. The SMILES string of the molecule is CCOC(=O)C(NC(=O)c1cc2c3ccccc3n(C(=O)CCc3ccccc3)c2cn1)C(C)C. The molecule has 35 heavy (non-hydrogen) atoms. The number of aromatic nitrogens is 2. The van der Waals surface area contributed by atoms with Crippen LogP contribution in [-0.4, -0.2) is 40.0 Å². The Morgan fingerprint density at radius 2 is 1.69 bits per heavy atom. The van der Waals surface area contributed by atoms with Crippen molar-refractivity contribution in [3.05, 3.63) is 78.1 Å². The van der Waals surface area contributed by atoms with Crippen molar-refractivity contribution < 1.29 is 19.1 Å². The Balaban J connectivity index is 1.66. The molecule has 0 fully saturated rings. The van der Waals surface area contributed by atoms with Crippen molar-refractivity contribution in [3.63, 3.8) is 0 Å². The third-order valence-electron chi connectivity index (χ3n) is 6.01. The minimum absolute atomic E-state index is 0.0405. The molecule has 0 saturated heterocycles. The summed E-state index contributed by atoms with van der Waals surface area (Å²) in [6.45, 7) is 5.64. The van der Waals surface area contributed by atoms with Gasteiger partial charge in [-0.3, -0.25) is 14.2 Å². The molecular weight excluding hydrogens is 442 g/mol. The van der Waals surface area contributed by atoms with E-state index in [1.807, 2.05) is 68.4 Å². The lowest BCUT2D eigenvalue weighted by atomic mass is 10.0. The maximum absolute atomic E-state index is 13.3. The molecule has 0 spiro atoms. The van der Waals surface area contributed by atoms with Crippen LogP contribution in [0.3, 0.4) is 0 Å². The number of rotatable bonds is 8. The van der Waals surface area contributed by atoms with Gasteiger partial charge in [0.25, 0.3) is 5.91 Å². The number of carbonyl (C=O) groups is 3. The summed E-state index contributed by atoms with van der Waals surface area (Å²) in [5, 5.41) is 4.36. The van der Waals surface area contributed by atoms with Crippen LogP contribution in [0.1, 0.15) is 48.0 Å². The molecule has 0 bridgehead atoms. The summed E-state index contributed by atoms with van der Waals surface area (Å²) in [5.41, 5.74) is 2.69. The monoisotopic (exact) mass is 471 g/mol. The first-order valence-corrected chi connectivity index (χ1v) is 11.8. The lowest BCUT2D eigenvalue weighted by molar-refractivity contribution is -0.146. The van der Waals surface area contributed by atoms with E-state index < -0.39 is 17.9 Å². The van der Waals surface area contributed by atoms with Gasteiger partial charge < -0.3 is 10.1 Å². The predicted molar refractivity (Wildman–Crippen MR) is 135 cm³/mol. The van der Waals surface area contributed by atoms with Crippen LogP contribution in [-0.2, 0) is 16.0 Å². The van der Waals surface area contributed by atoms with Crippen molar-refractivity contribution in [2.75, 3.05) is 6.61 Å². The molecule has 2 aromatic heterocycles. The van der Waals surface area contributed by atoms with E-state index >= 15 is 0 Å². The molecule has 0 aliphatic rings. The highest BCUT2D eigenvalue weighted by atomic mass is 16.5. The van der Waals surface area contributed by atoms with E-state index in [1.54, 1.807) is 23.8 Å². The van der Waals surface area contributed by atoms with E-state index in [0.717, 1.165) is 21.9 Å². The Hall–Kier alpha value is -4.00. The van der Waals surface area contributed by atoms with E-state index in [2.05, 4.69) is 10.3 Å². The largest absolute Gasteiger partial charge is 0.464 e. The quantitative estimate of drug-likeness (QED) is 0.374. The number of nitrogens with zero attached hydrogens (tertiary/aromatic N) is 2. The Morgan fingerprint density at radius 3 is 2.40 bits per heavy atom. The zero-order chi connectivity index (χ0) is 24.9. The highest BCUT2D eigenvalue weighted by Crippen LogP contribution is 2.29. The van der Waals surface area contributed by atoms with Crippen molar-refractivity contribution in [2.24, 2.45) is 5.92 Å². The molecule has 0 saturated carbocycles. The maximum atomic E-state index is 13.3. The third-order valence-corrected chi connectivity index (χ3v) is 6.01. The second-order valence-corrected chi connectivity index (χ2v) is 8.77. The summed E-state index contributed by atoms with van der Waals surface area (Å²) in [5.74, 6) is -1.13. The number of benzene rings is 2. The number of fused-ring (bicyclic) bond motifs is 3. The molecule has 7 nitrogen and oxygen atoms in total. The molecule has 0 aliphatic carbocycles. The van der Waals surface area contributed by atoms with Crippen LogP contribution in [0, 0.1) is 5.92 Å². The summed E-state index contributed by atoms with van der Waals surface area (Å²) in [6.07, 6.45) is 2.53. The fourth-order valence-electron chi connectivity index (χ4n) is 4.21. The molecule has 2 heterocycles. The molecule has 2 aromatic carbocycles. The molecule has 1 amide bonds. The van der Waals surface area contributed by atoms with Crippen LogP contribution in [0.25, 0.3) is 21.8 Å². The summed E-state index contributed by atoms with van der Waals surface area (Å²) in [4.78, 5) is 42.9. The van der Waals surface area contributed by atoms with Crippen LogP contribution in [0.5, 0.6) is 0 Å². The first-order chi connectivity index (χ1) is 16.9. The third kappa shape index (κ3) is 5.09. The number of aryl methyl sites for hydroxylation is 1. The van der Waals surface area contributed by atoms with Crippen LogP contribution in [0.4, 0.5) is 0 Å². The number of para-hydroxylation sites is 1. The van der Waals surface area contributed by atoms with E-state index in [-0.39, 0.29) is 24.1 Å². The van der Waals surface area contributed by atoms with Crippen molar-refractivity contribution in [3.8, 4) is 0 Å². The molecule has 180 valence electrons. The lowest BCUT2D eigenvalue weighted by Gasteiger charge is -2.20. The number of hydrogen-bond acceptors (Lipinski definition) is 5. The average molecular weight is 472 g/mol. The molecule has 1 N–H and O–H groups in total. The molecule has 1 atom stereocenters. The molecule has 7 heteroatoms. The first kappa shape index (κ1) is 24.1. The average Bonchev–Trinajstić information content (AvgIpc) is 3.20. The Morgan fingerprint density at radius 1 is 0.971 bits per heavy atom. The second-order valence-electron chi connectivity index (χ2n) is 8.77. The van der Waals surface area contributed by atoms with Gasteiger partial charge in [0.2, 0.25) is 5.91 Å². The Bertz CT molecular complexity index is 1380. The number of pyridine rings is 1. The fraction of sp³-hybridized carbons (Fsp3) is 0.286. The van der Waals surface area contributed by atoms with E-state index in [0.29, 0.717) is 18.4 Å². The number of carbonyl (C=O) groups excluding carboxylic acids is 3. The zero-order valence-electron chi connectivity index (χ0n) is 20.2. The predicted octanol–water partition coefficient (Wildman–Crippen LogP) is 4.78. The van der Waals surface area contributed by atoms with E-state index in [1.165, 1.54) is 0 Å². The van der Waals surface area contributed by atoms with Gasteiger partial charge in [0.15, 0.2) is 0 Å². The number of amides is 1. The summed E-state index contributed by atoms with van der Waals surface area (Å²) in [6, 6.07) is 18.4. The Kier molecular flexibility index (Phi) is 7.25. The Labute approximate surface area is 204 Å². The molecule has 0 radical (unpaired) electrons. The van der Waals surface area contributed by atoms with Crippen molar-refractivity contribution in [1.29, 1.82) is 0 Å². The summed E-state index contributed by atoms with van der Waals surface area (Å²) < 4.78 is 6.78. The topological polar surface area (TPSA) is 90.3 Å². The minimum atomic E-state index is -0.777. The van der Waals surface area contributed by atoms with Gasteiger partial charge in [-0.15, -0.1) is 0 Å². The molecule has 1 unspecified atom stereocenters. The van der Waals surface area contributed by atoms with Crippen LogP contribution in [0.2, 0.25) is 0 Å². The van der Waals surface area contributed by atoms with Gasteiger partial charge in [0.1, 0.15) is 11.7 Å². The first-order valence-electron chi connectivity index (χ1n) is 11.8. The van der Waals surface area contributed by atoms with Crippen LogP contribution in [0.15, 0.2) is 66.9 Å². The van der Waals surface area contributed by atoms with Crippen molar-refractivity contribution in [2.45, 2.75) is 39.7 Å². The number of nitrogens with one attached hydrogen (secondary N) is 1. The maximum Gasteiger partial charge on any atom is 0.328 e. The lowest BCUT2D eigenvalue weighted by Crippen LogP contribution is -2.45. The van der Waals surface area contributed by atoms with Gasteiger partial charge >= 0.3 is 5.97 Å². The van der Waals surface area contributed by atoms with Crippen LogP contribution < -0.4 is 5.32 Å². The second kappa shape index (κ2) is 10.5. The van der Waals surface area contributed by atoms with E-state index in [4.69, 9.17) is 4.74 Å². The molecule has 4 aromatic rings. The minimum Gasteiger partial charge on any atom is -0.464 e. The highest BCUT2D eigenvalue weighted by Gasteiger charge is 2.27. The highest BCUT2D eigenvalue weighted by molar-refractivity contribution is 6.14. The van der Waals surface area contributed by atoms with Gasteiger partial charge in [-0.1, -0.05) is 62.4 Å². The number of hydrogen-bond donors (Lipinski definition) is 1. The van der Waals surface area contributed by atoms with Gasteiger partial charge in [-0.2, -0.15) is 0 Å². The van der Waals surface area contributed by atoms with Crippen molar-refractivity contribution in [1.82, 2.24) is 14.9 Å². The molecule has 0 aliphatic heterocycles. The van der Waals surface area contributed by atoms with Crippen LogP contribution >= 0.6 is 0 Å². The normalized spacial score (nSPS) is 12.1. The van der Waals surface area contributed by atoms with Crippen molar-refractivity contribution >= 4 is 39.6 Å². The van der Waals surface area contributed by atoms with Gasteiger partial charge in [0.05, 0.1) is 23.8 Å². The molecule has 4 rings (SSSR count). The standard InChI is InChI=1S/C28H29N3O4/c1-4-35-28(34)26(18(2)3)30-27(33)22-16-21-20-12-8-9-13-23(20)31(24(21)17-29-22)25(32)15-14-19-10-6-5-7-11-19/h5-13,16-18,26H,4,14-15H2,1-3H3,(H,30,33). The number of esters is 1. The van der Waals surface area contributed by atoms with Gasteiger partial charge in [-0.05, 0) is 37.0 Å². The number of ether oxygens (including phenoxy) is 1. The zero-order valence-corrected chi connectivity index (χ0v) is 20.2. The molecular formula is C28H29N3O4. The van der Waals surface area contributed by atoms with Gasteiger partial charge in [-0.25, -0.2) is 9.78 Å². The summed E-state index contributed by atoms with van der Waals surface area (Å²) >= 11 is 0.